The summed E-state index contributed by atoms with van der Waals surface area (Å²) in [6.45, 7) is 3.34. The van der Waals surface area contributed by atoms with E-state index in [1.54, 1.807) is 7.11 Å². The summed E-state index contributed by atoms with van der Waals surface area (Å²) in [4.78, 5) is 3.59. The molecule has 1 aromatic heterocycles. The number of methoxy groups -OCH3 is 1. The molecular weight excluding hydrogens is 340 g/mol. The second kappa shape index (κ2) is 8.57. The topological polar surface area (TPSA) is 55.5 Å². The van der Waals surface area contributed by atoms with Gasteiger partial charge in [0.1, 0.15) is 0 Å². The highest BCUT2D eigenvalue weighted by atomic mass is 16.5. The maximum Gasteiger partial charge on any atom is 0.0719 e. The number of rotatable bonds is 8. The monoisotopic (exact) mass is 366 g/mol. The van der Waals surface area contributed by atoms with Gasteiger partial charge in [-0.05, 0) is 35.7 Å². The number of hydrogen-bond donors (Lipinski definition) is 2. The highest BCUT2D eigenvalue weighted by Crippen LogP contribution is 2.31. The molecule has 5 heteroatoms. The second-order valence-electron chi connectivity index (χ2n) is 6.91. The molecule has 1 fully saturated rings. The first-order chi connectivity index (χ1) is 13.3. The van der Waals surface area contributed by atoms with Gasteiger partial charge in [-0.2, -0.15) is 0 Å². The third kappa shape index (κ3) is 4.33. The molecule has 0 amide bonds. The van der Waals surface area contributed by atoms with Crippen molar-refractivity contribution >= 4 is 16.6 Å². The maximum absolute atomic E-state index is 5.74. The molecule has 1 aliphatic rings. The lowest BCUT2D eigenvalue weighted by molar-refractivity contribution is 0.0617. The van der Waals surface area contributed by atoms with Crippen molar-refractivity contribution in [3.05, 3.63) is 54.1 Å². The molecule has 3 aromatic rings. The van der Waals surface area contributed by atoms with Crippen molar-refractivity contribution in [2.45, 2.75) is 19.1 Å². The number of benzene rings is 2. The number of aromatic amines is 1. The van der Waals surface area contributed by atoms with Gasteiger partial charge in [-0.3, -0.25) is 0 Å². The Bertz CT molecular complexity index is 870. The molecule has 2 N–H and O–H groups in total. The number of hydrogen-bond acceptors (Lipinski definition) is 4. The Hall–Kier alpha value is -2.34. The number of H-pyrrole nitrogens is 1. The standard InChI is InChI=1S/C22H26N2O3/c1-25-9-10-27-14-16-11-18-13-20(17-5-3-2-4-6-17)24-22(18)21(12-16)23-19-7-8-26-15-19/h2-6,11-13,19,23-24H,7-10,14-15H2,1H3. The minimum atomic E-state index is 0.348. The summed E-state index contributed by atoms with van der Waals surface area (Å²) in [6, 6.07) is 17.3. The van der Waals surface area contributed by atoms with Crippen LogP contribution >= 0.6 is 0 Å². The molecule has 0 aliphatic carbocycles. The Labute approximate surface area is 159 Å². The summed E-state index contributed by atoms with van der Waals surface area (Å²) in [5.41, 5.74) is 5.69. The van der Waals surface area contributed by atoms with Crippen LogP contribution in [0, 0.1) is 0 Å². The minimum Gasteiger partial charge on any atom is -0.382 e. The van der Waals surface area contributed by atoms with Crippen LogP contribution in [0.15, 0.2) is 48.5 Å². The molecule has 1 saturated heterocycles. The lowest BCUT2D eigenvalue weighted by atomic mass is 10.1. The Morgan fingerprint density at radius 1 is 1.15 bits per heavy atom. The van der Waals surface area contributed by atoms with Crippen LogP contribution in [0.2, 0.25) is 0 Å². The Morgan fingerprint density at radius 2 is 2.04 bits per heavy atom. The fourth-order valence-corrected chi connectivity index (χ4v) is 3.48. The van der Waals surface area contributed by atoms with Crippen molar-refractivity contribution in [3.8, 4) is 11.3 Å². The number of ether oxygens (including phenoxy) is 3. The largest absolute Gasteiger partial charge is 0.382 e. The van der Waals surface area contributed by atoms with Gasteiger partial charge in [0, 0.05) is 24.8 Å². The van der Waals surface area contributed by atoms with Crippen molar-refractivity contribution in [3.63, 3.8) is 0 Å². The van der Waals surface area contributed by atoms with Crippen molar-refractivity contribution < 1.29 is 14.2 Å². The molecule has 1 aliphatic heterocycles. The molecule has 0 radical (unpaired) electrons. The van der Waals surface area contributed by atoms with Crippen LogP contribution in [-0.2, 0) is 20.8 Å². The Kier molecular flexibility index (Phi) is 5.72. The predicted octanol–water partition coefficient (Wildman–Crippen LogP) is 4.20. The van der Waals surface area contributed by atoms with E-state index in [4.69, 9.17) is 14.2 Å². The van der Waals surface area contributed by atoms with Crippen LogP contribution in [0.3, 0.4) is 0 Å². The SMILES string of the molecule is COCCOCc1cc(NC2CCOC2)c2[nH]c(-c3ccccc3)cc2c1. The van der Waals surface area contributed by atoms with Gasteiger partial charge in [0.25, 0.3) is 0 Å². The first kappa shape index (κ1) is 18.0. The summed E-state index contributed by atoms with van der Waals surface area (Å²) in [5, 5.41) is 4.84. The van der Waals surface area contributed by atoms with E-state index in [2.05, 4.69) is 52.8 Å². The summed E-state index contributed by atoms with van der Waals surface area (Å²) in [5.74, 6) is 0. The van der Waals surface area contributed by atoms with Gasteiger partial charge in [0.15, 0.2) is 0 Å². The van der Waals surface area contributed by atoms with E-state index in [1.807, 2.05) is 6.07 Å². The summed E-state index contributed by atoms with van der Waals surface area (Å²) < 4.78 is 16.3. The third-order valence-electron chi connectivity index (χ3n) is 4.86. The van der Waals surface area contributed by atoms with E-state index in [9.17, 15) is 0 Å². The van der Waals surface area contributed by atoms with E-state index in [-0.39, 0.29) is 0 Å². The fraction of sp³-hybridized carbons (Fsp3) is 0.364. The molecule has 27 heavy (non-hydrogen) atoms. The lowest BCUT2D eigenvalue weighted by Gasteiger charge is -2.15. The molecule has 4 rings (SSSR count). The molecular formula is C22H26N2O3. The zero-order valence-corrected chi connectivity index (χ0v) is 15.7. The normalized spacial score (nSPS) is 16.9. The van der Waals surface area contributed by atoms with E-state index < -0.39 is 0 Å². The van der Waals surface area contributed by atoms with Crippen LogP contribution in [0.25, 0.3) is 22.2 Å². The summed E-state index contributed by atoms with van der Waals surface area (Å²) >= 11 is 0. The van der Waals surface area contributed by atoms with Gasteiger partial charge in [0.2, 0.25) is 0 Å². The molecule has 1 atom stereocenters. The molecule has 2 aromatic carbocycles. The van der Waals surface area contributed by atoms with Crippen LogP contribution < -0.4 is 5.32 Å². The van der Waals surface area contributed by atoms with Crippen molar-refractivity contribution in [2.24, 2.45) is 0 Å². The molecule has 0 bridgehead atoms. The predicted molar refractivity (Wildman–Crippen MR) is 108 cm³/mol. The van der Waals surface area contributed by atoms with E-state index in [0.717, 1.165) is 42.1 Å². The van der Waals surface area contributed by atoms with Gasteiger partial charge in [0.05, 0.1) is 43.7 Å². The average molecular weight is 366 g/mol. The van der Waals surface area contributed by atoms with Gasteiger partial charge < -0.3 is 24.5 Å². The first-order valence-corrected chi connectivity index (χ1v) is 9.45. The van der Waals surface area contributed by atoms with Gasteiger partial charge >= 0.3 is 0 Å². The van der Waals surface area contributed by atoms with E-state index in [1.165, 1.54) is 10.9 Å². The maximum atomic E-state index is 5.74. The van der Waals surface area contributed by atoms with Crippen LogP contribution in [0.5, 0.6) is 0 Å². The van der Waals surface area contributed by atoms with Crippen molar-refractivity contribution in [1.29, 1.82) is 0 Å². The number of anilines is 1. The molecule has 5 nitrogen and oxygen atoms in total. The number of fused-ring (bicyclic) bond motifs is 1. The second-order valence-corrected chi connectivity index (χ2v) is 6.91. The van der Waals surface area contributed by atoms with Crippen LogP contribution in [-0.4, -0.2) is 44.6 Å². The van der Waals surface area contributed by atoms with Gasteiger partial charge in [-0.1, -0.05) is 30.3 Å². The summed E-state index contributed by atoms with van der Waals surface area (Å²) in [6.07, 6.45) is 1.03. The van der Waals surface area contributed by atoms with Crippen LogP contribution in [0.4, 0.5) is 5.69 Å². The van der Waals surface area contributed by atoms with E-state index in [0.29, 0.717) is 25.9 Å². The van der Waals surface area contributed by atoms with Crippen molar-refractivity contribution in [2.75, 3.05) is 38.9 Å². The average Bonchev–Trinajstić information content (AvgIpc) is 3.36. The van der Waals surface area contributed by atoms with Gasteiger partial charge in [-0.25, -0.2) is 0 Å². The fourth-order valence-electron chi connectivity index (χ4n) is 3.48. The third-order valence-corrected chi connectivity index (χ3v) is 4.86. The van der Waals surface area contributed by atoms with E-state index >= 15 is 0 Å². The zero-order chi connectivity index (χ0) is 18.5. The molecule has 2 heterocycles. The molecule has 0 saturated carbocycles. The van der Waals surface area contributed by atoms with Crippen LogP contribution in [0.1, 0.15) is 12.0 Å². The molecule has 1 unspecified atom stereocenters. The Balaban J connectivity index is 1.65. The smallest absolute Gasteiger partial charge is 0.0719 e. The Morgan fingerprint density at radius 3 is 2.81 bits per heavy atom. The molecule has 142 valence electrons. The quantitative estimate of drug-likeness (QED) is 0.587. The first-order valence-electron chi connectivity index (χ1n) is 9.45. The minimum absolute atomic E-state index is 0.348. The number of nitrogens with one attached hydrogen (secondary N) is 2. The van der Waals surface area contributed by atoms with Gasteiger partial charge in [-0.15, -0.1) is 0 Å². The number of aromatic nitrogens is 1. The highest BCUT2D eigenvalue weighted by molar-refractivity contribution is 5.95. The zero-order valence-electron chi connectivity index (χ0n) is 15.7. The molecule has 0 spiro atoms. The summed E-state index contributed by atoms with van der Waals surface area (Å²) in [7, 11) is 1.69. The highest BCUT2D eigenvalue weighted by Gasteiger charge is 2.17. The van der Waals surface area contributed by atoms with Crippen molar-refractivity contribution in [1.82, 2.24) is 4.98 Å². The lowest BCUT2D eigenvalue weighted by Crippen LogP contribution is -2.19.